The Morgan fingerprint density at radius 2 is 2.03 bits per heavy atom. The van der Waals surface area contributed by atoms with Crippen LogP contribution < -0.4 is 16.6 Å². The third-order valence-corrected chi connectivity index (χ3v) is 5.41. The minimum Gasteiger partial charge on any atom is -0.345 e. The van der Waals surface area contributed by atoms with Crippen molar-refractivity contribution in [3.63, 3.8) is 0 Å². The van der Waals surface area contributed by atoms with Crippen LogP contribution in [0.15, 0.2) is 39.9 Å². The molecular formula is C22H21N5O3. The lowest BCUT2D eigenvalue weighted by molar-refractivity contribution is 0.0941. The molecule has 0 bridgehead atoms. The van der Waals surface area contributed by atoms with Crippen LogP contribution in [0.1, 0.15) is 65.8 Å². The standard InChI is InChI=1S/C22H21N5O3/c1-3-27-19-18(21(29)26-22(27)30)16(10-17(25-19)15-8-9-15)20(28)24-12(2)14-6-4-13(11-23)5-7-14/h4-7,10,12,15H,3,8-9H2,1-2H3,(H,24,28)(H,26,29,30). The van der Waals surface area contributed by atoms with E-state index in [2.05, 4.69) is 21.4 Å². The van der Waals surface area contributed by atoms with Gasteiger partial charge in [0.05, 0.1) is 28.6 Å². The van der Waals surface area contributed by atoms with Gasteiger partial charge < -0.3 is 5.32 Å². The number of fused-ring (bicyclic) bond motifs is 1. The molecule has 0 aliphatic heterocycles. The maximum atomic E-state index is 13.2. The average Bonchev–Trinajstić information content (AvgIpc) is 3.58. The Hall–Kier alpha value is -3.73. The maximum absolute atomic E-state index is 13.2. The van der Waals surface area contributed by atoms with Crippen LogP contribution in [0.3, 0.4) is 0 Å². The van der Waals surface area contributed by atoms with E-state index in [0.717, 1.165) is 24.1 Å². The predicted octanol–water partition coefficient (Wildman–Crippen LogP) is 2.34. The molecule has 152 valence electrons. The number of hydrogen-bond acceptors (Lipinski definition) is 5. The first-order chi connectivity index (χ1) is 14.4. The summed E-state index contributed by atoms with van der Waals surface area (Å²) in [5, 5.41) is 12.0. The number of amides is 1. The number of hydrogen-bond donors (Lipinski definition) is 2. The third-order valence-electron chi connectivity index (χ3n) is 5.41. The average molecular weight is 403 g/mol. The first-order valence-electron chi connectivity index (χ1n) is 9.91. The fourth-order valence-electron chi connectivity index (χ4n) is 3.56. The normalized spacial score (nSPS) is 14.3. The largest absolute Gasteiger partial charge is 0.345 e. The van der Waals surface area contributed by atoms with Crippen molar-refractivity contribution in [3.05, 3.63) is 73.6 Å². The van der Waals surface area contributed by atoms with E-state index in [1.54, 1.807) is 37.3 Å². The van der Waals surface area contributed by atoms with Gasteiger partial charge in [-0.25, -0.2) is 9.78 Å². The number of H-pyrrole nitrogens is 1. The van der Waals surface area contributed by atoms with Crippen LogP contribution in [-0.4, -0.2) is 20.4 Å². The van der Waals surface area contributed by atoms with Gasteiger partial charge in [0, 0.05) is 18.2 Å². The fraction of sp³-hybridized carbons (Fsp3) is 0.318. The van der Waals surface area contributed by atoms with Crippen LogP contribution in [0.5, 0.6) is 0 Å². The molecule has 0 spiro atoms. The Kier molecular flexibility index (Phi) is 4.96. The van der Waals surface area contributed by atoms with Crippen LogP contribution in [-0.2, 0) is 6.54 Å². The van der Waals surface area contributed by atoms with Crippen molar-refractivity contribution in [1.29, 1.82) is 5.26 Å². The number of benzene rings is 1. The van der Waals surface area contributed by atoms with Crippen molar-refractivity contribution in [3.8, 4) is 6.07 Å². The van der Waals surface area contributed by atoms with Gasteiger partial charge in [0.25, 0.3) is 11.5 Å². The molecule has 1 unspecified atom stereocenters. The molecule has 1 fully saturated rings. The number of aromatic nitrogens is 3. The summed E-state index contributed by atoms with van der Waals surface area (Å²) >= 11 is 0. The van der Waals surface area contributed by atoms with E-state index in [1.807, 2.05) is 6.92 Å². The van der Waals surface area contributed by atoms with Gasteiger partial charge in [-0.05, 0) is 50.5 Å². The van der Waals surface area contributed by atoms with Crippen LogP contribution in [0, 0.1) is 11.3 Å². The number of nitrogens with one attached hydrogen (secondary N) is 2. The zero-order chi connectivity index (χ0) is 21.4. The van der Waals surface area contributed by atoms with Crippen molar-refractivity contribution < 1.29 is 4.79 Å². The van der Waals surface area contributed by atoms with Crippen LogP contribution in [0.4, 0.5) is 0 Å². The highest BCUT2D eigenvalue weighted by molar-refractivity contribution is 6.05. The topological polar surface area (TPSA) is 121 Å². The molecule has 3 aromatic rings. The van der Waals surface area contributed by atoms with Crippen molar-refractivity contribution in [1.82, 2.24) is 19.9 Å². The Balaban J connectivity index is 1.78. The maximum Gasteiger partial charge on any atom is 0.329 e. The number of rotatable bonds is 5. The van der Waals surface area contributed by atoms with E-state index >= 15 is 0 Å². The lowest BCUT2D eigenvalue weighted by Gasteiger charge is -2.16. The van der Waals surface area contributed by atoms with Gasteiger partial charge >= 0.3 is 5.69 Å². The zero-order valence-electron chi connectivity index (χ0n) is 16.7. The van der Waals surface area contributed by atoms with Crippen molar-refractivity contribution in [2.24, 2.45) is 0 Å². The highest BCUT2D eigenvalue weighted by Gasteiger charge is 2.29. The van der Waals surface area contributed by atoms with Gasteiger partial charge in [0.1, 0.15) is 0 Å². The number of nitrogens with zero attached hydrogens (tertiary/aromatic N) is 3. The Morgan fingerprint density at radius 3 is 2.63 bits per heavy atom. The first-order valence-corrected chi connectivity index (χ1v) is 9.91. The summed E-state index contributed by atoms with van der Waals surface area (Å²) in [6.45, 7) is 3.95. The van der Waals surface area contributed by atoms with E-state index in [4.69, 9.17) is 5.26 Å². The van der Waals surface area contributed by atoms with Gasteiger partial charge in [-0.1, -0.05) is 12.1 Å². The third kappa shape index (κ3) is 3.50. The summed E-state index contributed by atoms with van der Waals surface area (Å²) in [5.74, 6) is -0.162. The monoisotopic (exact) mass is 403 g/mol. The molecule has 0 radical (unpaired) electrons. The van der Waals surface area contributed by atoms with Crippen LogP contribution in [0.25, 0.3) is 11.0 Å². The number of carbonyl (C=O) groups is 1. The fourth-order valence-corrected chi connectivity index (χ4v) is 3.56. The number of nitriles is 1. The highest BCUT2D eigenvalue weighted by atomic mass is 16.2. The molecule has 2 aromatic heterocycles. The Bertz CT molecular complexity index is 1290. The number of carbonyl (C=O) groups excluding carboxylic acids is 1. The molecule has 2 heterocycles. The molecule has 1 aromatic carbocycles. The van der Waals surface area contributed by atoms with Crippen LogP contribution >= 0.6 is 0 Å². The zero-order valence-corrected chi connectivity index (χ0v) is 16.7. The summed E-state index contributed by atoms with van der Waals surface area (Å²) in [6, 6.07) is 10.3. The van der Waals surface area contributed by atoms with Gasteiger partial charge in [-0.2, -0.15) is 5.26 Å². The molecular weight excluding hydrogens is 382 g/mol. The molecule has 1 saturated carbocycles. The van der Waals surface area contributed by atoms with E-state index in [1.165, 1.54) is 4.57 Å². The highest BCUT2D eigenvalue weighted by Crippen LogP contribution is 2.39. The SMILES string of the molecule is CCn1c(=O)[nH]c(=O)c2c(C(=O)NC(C)c3ccc(C#N)cc3)cc(C3CC3)nc21. The summed E-state index contributed by atoms with van der Waals surface area (Å²) < 4.78 is 1.38. The lowest BCUT2D eigenvalue weighted by Crippen LogP contribution is -2.33. The molecule has 30 heavy (non-hydrogen) atoms. The van der Waals surface area contributed by atoms with Crippen LogP contribution in [0.2, 0.25) is 0 Å². The molecule has 4 rings (SSSR count). The van der Waals surface area contributed by atoms with Gasteiger partial charge in [0.2, 0.25) is 0 Å². The van der Waals surface area contributed by atoms with Gasteiger partial charge in [0.15, 0.2) is 5.65 Å². The summed E-state index contributed by atoms with van der Waals surface area (Å²) in [7, 11) is 0. The minimum atomic E-state index is -0.620. The van der Waals surface area contributed by atoms with Crippen molar-refractivity contribution >= 4 is 16.9 Å². The summed E-state index contributed by atoms with van der Waals surface area (Å²) in [4.78, 5) is 44.8. The second-order valence-electron chi connectivity index (χ2n) is 7.50. The van der Waals surface area contributed by atoms with Crippen molar-refractivity contribution in [2.75, 3.05) is 0 Å². The summed E-state index contributed by atoms with van der Waals surface area (Å²) in [5.41, 5.74) is 1.40. The molecule has 1 aliphatic carbocycles. The second-order valence-corrected chi connectivity index (χ2v) is 7.50. The quantitative estimate of drug-likeness (QED) is 0.677. The van der Waals surface area contributed by atoms with Crippen molar-refractivity contribution in [2.45, 2.75) is 45.2 Å². The predicted molar refractivity (Wildman–Crippen MR) is 111 cm³/mol. The first kappa shape index (κ1) is 19.6. The number of pyridine rings is 1. The lowest BCUT2D eigenvalue weighted by atomic mass is 10.0. The second kappa shape index (κ2) is 7.59. The molecule has 8 nitrogen and oxygen atoms in total. The molecule has 1 aliphatic rings. The molecule has 2 N–H and O–H groups in total. The number of aromatic amines is 1. The summed E-state index contributed by atoms with van der Waals surface area (Å²) in [6.07, 6.45) is 1.95. The Morgan fingerprint density at radius 1 is 1.33 bits per heavy atom. The molecule has 1 amide bonds. The number of aryl methyl sites for hydroxylation is 1. The smallest absolute Gasteiger partial charge is 0.329 e. The van der Waals surface area contributed by atoms with E-state index in [0.29, 0.717) is 12.1 Å². The van der Waals surface area contributed by atoms with Gasteiger partial charge in [-0.3, -0.25) is 19.1 Å². The van der Waals surface area contributed by atoms with E-state index in [-0.39, 0.29) is 28.6 Å². The molecule has 8 heteroatoms. The van der Waals surface area contributed by atoms with Gasteiger partial charge in [-0.15, -0.1) is 0 Å². The van der Waals surface area contributed by atoms with E-state index in [9.17, 15) is 14.4 Å². The minimum absolute atomic E-state index is 0.116. The van der Waals surface area contributed by atoms with E-state index < -0.39 is 17.2 Å². The molecule has 0 saturated heterocycles. The molecule has 1 atom stereocenters. The Labute approximate surface area is 172 Å².